The predicted molar refractivity (Wildman–Crippen MR) is 46.3 cm³/mol. The number of unbranched alkanes of at least 4 members (excludes halogenated alkanes) is 1. The van der Waals surface area contributed by atoms with Crippen molar-refractivity contribution in [2.24, 2.45) is 0 Å². The minimum Gasteiger partial charge on any atom is -0.466 e. The summed E-state index contributed by atoms with van der Waals surface area (Å²) in [4.78, 5) is 21.3. The number of alkyl carbamates (subject to hydrolysis) is 1. The van der Waals surface area contributed by atoms with Gasteiger partial charge in [-0.15, -0.1) is 0 Å². The van der Waals surface area contributed by atoms with Gasteiger partial charge in [0.25, 0.3) is 0 Å². The number of hydrogen-bond acceptors (Lipinski definition) is 4. The van der Waals surface area contributed by atoms with Gasteiger partial charge in [0.1, 0.15) is 0 Å². The minimum absolute atomic E-state index is 0.339. The zero-order valence-corrected chi connectivity index (χ0v) is 7.96. The zero-order chi connectivity index (χ0) is 10.1. The third-order valence-electron chi connectivity index (χ3n) is 1.35. The standard InChI is InChI=1S/C8H15NO4/c1-3-4-5-9-8(11)13-6-7(10)12-2/h3-6H2,1-2H3,(H,9,11). The third kappa shape index (κ3) is 7.11. The van der Waals surface area contributed by atoms with E-state index >= 15 is 0 Å². The lowest BCUT2D eigenvalue weighted by Gasteiger charge is -2.04. The van der Waals surface area contributed by atoms with Gasteiger partial charge in [-0.2, -0.15) is 0 Å². The molecular formula is C8H15NO4. The highest BCUT2D eigenvalue weighted by Gasteiger charge is 2.05. The van der Waals surface area contributed by atoms with Crippen molar-refractivity contribution in [1.29, 1.82) is 0 Å². The van der Waals surface area contributed by atoms with Gasteiger partial charge in [0.15, 0.2) is 6.61 Å². The van der Waals surface area contributed by atoms with Gasteiger partial charge >= 0.3 is 12.1 Å². The van der Waals surface area contributed by atoms with Gasteiger partial charge in [0, 0.05) is 6.54 Å². The van der Waals surface area contributed by atoms with E-state index in [1.54, 1.807) is 0 Å². The smallest absolute Gasteiger partial charge is 0.407 e. The molecule has 0 aliphatic heterocycles. The quantitative estimate of drug-likeness (QED) is 0.510. The van der Waals surface area contributed by atoms with E-state index in [1.807, 2.05) is 6.92 Å². The molecule has 0 aromatic carbocycles. The normalized spacial score (nSPS) is 9.08. The summed E-state index contributed by atoms with van der Waals surface area (Å²) in [6.45, 7) is 2.24. The van der Waals surface area contributed by atoms with Gasteiger partial charge < -0.3 is 14.8 Å². The molecule has 0 aromatic heterocycles. The van der Waals surface area contributed by atoms with Crippen molar-refractivity contribution in [1.82, 2.24) is 5.32 Å². The van der Waals surface area contributed by atoms with Crippen molar-refractivity contribution in [3.8, 4) is 0 Å². The molecule has 76 valence electrons. The Labute approximate surface area is 77.4 Å². The van der Waals surface area contributed by atoms with E-state index in [-0.39, 0.29) is 6.61 Å². The molecule has 0 heterocycles. The van der Waals surface area contributed by atoms with E-state index in [4.69, 9.17) is 0 Å². The zero-order valence-electron chi connectivity index (χ0n) is 7.96. The lowest BCUT2D eigenvalue weighted by molar-refractivity contribution is -0.143. The summed E-state index contributed by atoms with van der Waals surface area (Å²) in [6, 6.07) is 0. The molecule has 0 rings (SSSR count). The molecule has 0 atom stereocenters. The molecule has 5 nitrogen and oxygen atoms in total. The molecule has 1 N–H and O–H groups in total. The Balaban J connectivity index is 3.35. The van der Waals surface area contributed by atoms with E-state index in [9.17, 15) is 9.59 Å². The van der Waals surface area contributed by atoms with Crippen LogP contribution >= 0.6 is 0 Å². The van der Waals surface area contributed by atoms with Gasteiger partial charge in [0.05, 0.1) is 7.11 Å². The van der Waals surface area contributed by atoms with E-state index in [0.29, 0.717) is 6.54 Å². The number of amides is 1. The van der Waals surface area contributed by atoms with E-state index in [1.165, 1.54) is 7.11 Å². The number of carbonyl (C=O) groups excluding carboxylic acids is 2. The molecule has 0 aromatic rings. The van der Waals surface area contributed by atoms with Crippen LogP contribution < -0.4 is 5.32 Å². The first-order valence-electron chi connectivity index (χ1n) is 4.18. The molecule has 0 bridgehead atoms. The van der Waals surface area contributed by atoms with Gasteiger partial charge in [-0.1, -0.05) is 13.3 Å². The number of esters is 1. The van der Waals surface area contributed by atoms with Crippen LogP contribution in [0.4, 0.5) is 4.79 Å². The van der Waals surface area contributed by atoms with Crippen LogP contribution in [-0.2, 0) is 14.3 Å². The second kappa shape index (κ2) is 7.39. The fourth-order valence-corrected chi connectivity index (χ4v) is 0.602. The maximum absolute atomic E-state index is 10.8. The summed E-state index contributed by atoms with van der Waals surface area (Å²) in [5.41, 5.74) is 0. The van der Waals surface area contributed by atoms with Crippen LogP contribution in [0, 0.1) is 0 Å². The SMILES string of the molecule is CCCCNC(=O)OCC(=O)OC. The summed E-state index contributed by atoms with van der Waals surface area (Å²) in [6.07, 6.45) is 1.31. The first-order chi connectivity index (χ1) is 6.20. The third-order valence-corrected chi connectivity index (χ3v) is 1.35. The van der Waals surface area contributed by atoms with E-state index < -0.39 is 12.1 Å². The van der Waals surface area contributed by atoms with Gasteiger partial charge in [-0.05, 0) is 6.42 Å². The van der Waals surface area contributed by atoms with Crippen molar-refractivity contribution in [3.63, 3.8) is 0 Å². The van der Waals surface area contributed by atoms with Crippen LogP contribution in [-0.4, -0.2) is 32.3 Å². The maximum Gasteiger partial charge on any atom is 0.407 e. The first-order valence-corrected chi connectivity index (χ1v) is 4.18. The summed E-state index contributed by atoms with van der Waals surface area (Å²) < 4.78 is 8.80. The van der Waals surface area contributed by atoms with E-state index in [0.717, 1.165) is 12.8 Å². The predicted octanol–water partition coefficient (Wildman–Crippen LogP) is 0.686. The molecule has 0 unspecified atom stereocenters. The lowest BCUT2D eigenvalue weighted by atomic mass is 10.3. The maximum atomic E-state index is 10.8. The van der Waals surface area contributed by atoms with Crippen LogP contribution in [0.3, 0.4) is 0 Å². The lowest BCUT2D eigenvalue weighted by Crippen LogP contribution is -2.27. The molecule has 0 saturated carbocycles. The summed E-state index contributed by atoms with van der Waals surface area (Å²) in [7, 11) is 1.24. The molecule has 0 fully saturated rings. The molecule has 13 heavy (non-hydrogen) atoms. The van der Waals surface area contributed by atoms with Crippen molar-refractivity contribution < 1.29 is 19.1 Å². The topological polar surface area (TPSA) is 64.6 Å². The van der Waals surface area contributed by atoms with E-state index in [2.05, 4.69) is 14.8 Å². The molecule has 0 aliphatic rings. The molecular weight excluding hydrogens is 174 g/mol. The molecule has 0 spiro atoms. The monoisotopic (exact) mass is 189 g/mol. The van der Waals surface area contributed by atoms with Crippen LogP contribution in [0.1, 0.15) is 19.8 Å². The fraction of sp³-hybridized carbons (Fsp3) is 0.750. The van der Waals surface area contributed by atoms with Crippen LogP contribution in [0.25, 0.3) is 0 Å². The number of ether oxygens (including phenoxy) is 2. The van der Waals surface area contributed by atoms with Crippen molar-refractivity contribution in [3.05, 3.63) is 0 Å². The summed E-state index contributed by atoms with van der Waals surface area (Å²) >= 11 is 0. The largest absolute Gasteiger partial charge is 0.466 e. The molecule has 0 saturated heterocycles. The number of rotatable bonds is 5. The molecule has 1 amide bonds. The Bertz CT molecular complexity index is 170. The fourth-order valence-electron chi connectivity index (χ4n) is 0.602. The van der Waals surface area contributed by atoms with Crippen molar-refractivity contribution in [2.75, 3.05) is 20.3 Å². The van der Waals surface area contributed by atoms with Gasteiger partial charge in [-0.3, -0.25) is 0 Å². The second-order valence-electron chi connectivity index (χ2n) is 2.43. The molecule has 5 heteroatoms. The number of methoxy groups -OCH3 is 1. The average Bonchev–Trinajstić information content (AvgIpc) is 2.14. The number of hydrogen-bond donors (Lipinski definition) is 1. The molecule has 0 radical (unpaired) electrons. The Morgan fingerprint density at radius 3 is 2.62 bits per heavy atom. The Morgan fingerprint density at radius 1 is 1.38 bits per heavy atom. The van der Waals surface area contributed by atoms with Crippen molar-refractivity contribution >= 4 is 12.1 Å². The summed E-state index contributed by atoms with van der Waals surface area (Å²) in [5, 5.41) is 2.49. The molecule has 0 aliphatic carbocycles. The van der Waals surface area contributed by atoms with Crippen molar-refractivity contribution in [2.45, 2.75) is 19.8 Å². The van der Waals surface area contributed by atoms with Crippen LogP contribution in [0.15, 0.2) is 0 Å². The Kier molecular flexibility index (Phi) is 6.68. The number of carbonyl (C=O) groups is 2. The van der Waals surface area contributed by atoms with Crippen LogP contribution in [0.2, 0.25) is 0 Å². The first kappa shape index (κ1) is 11.7. The van der Waals surface area contributed by atoms with Gasteiger partial charge in [-0.25, -0.2) is 9.59 Å². The summed E-state index contributed by atoms with van der Waals surface area (Å²) in [5.74, 6) is -0.564. The number of nitrogens with one attached hydrogen (secondary N) is 1. The highest BCUT2D eigenvalue weighted by Crippen LogP contribution is 1.85. The Morgan fingerprint density at radius 2 is 2.08 bits per heavy atom. The highest BCUT2D eigenvalue weighted by molar-refractivity contribution is 5.75. The van der Waals surface area contributed by atoms with Crippen LogP contribution in [0.5, 0.6) is 0 Å². The van der Waals surface area contributed by atoms with Gasteiger partial charge in [0.2, 0.25) is 0 Å². The Hall–Kier alpha value is -1.26. The highest BCUT2D eigenvalue weighted by atomic mass is 16.6. The average molecular weight is 189 g/mol. The minimum atomic E-state index is -0.584. The second-order valence-corrected chi connectivity index (χ2v) is 2.43.